The van der Waals surface area contributed by atoms with Crippen molar-refractivity contribution < 1.29 is 9.53 Å². The summed E-state index contributed by atoms with van der Waals surface area (Å²) in [5.74, 6) is 0.00363. The van der Waals surface area contributed by atoms with Crippen LogP contribution in [0.4, 0.5) is 0 Å². The van der Waals surface area contributed by atoms with Crippen molar-refractivity contribution in [3.05, 3.63) is 34.9 Å². The quantitative estimate of drug-likeness (QED) is 0.902. The summed E-state index contributed by atoms with van der Waals surface area (Å²) in [6.07, 6.45) is 0. The van der Waals surface area contributed by atoms with Crippen LogP contribution in [0.5, 0.6) is 0 Å². The van der Waals surface area contributed by atoms with E-state index in [2.05, 4.69) is 5.32 Å². The fraction of sp³-hybridized carbons (Fsp3) is 0.462. The molecule has 5 heteroatoms. The summed E-state index contributed by atoms with van der Waals surface area (Å²) in [5, 5.41) is 3.99. The summed E-state index contributed by atoms with van der Waals surface area (Å²) in [6.45, 7) is 2.31. The molecule has 1 aromatic carbocycles. The second-order valence-corrected chi connectivity index (χ2v) is 4.67. The van der Waals surface area contributed by atoms with Gasteiger partial charge < -0.3 is 15.0 Å². The van der Waals surface area contributed by atoms with E-state index in [1.807, 2.05) is 29.2 Å². The number of hydrogen-bond donors (Lipinski definition) is 1. The van der Waals surface area contributed by atoms with Crippen molar-refractivity contribution in [3.63, 3.8) is 0 Å². The fourth-order valence-corrected chi connectivity index (χ4v) is 2.49. The lowest BCUT2D eigenvalue weighted by Gasteiger charge is -2.36. The summed E-state index contributed by atoms with van der Waals surface area (Å²) in [6, 6.07) is 7.63. The molecule has 1 saturated heterocycles. The number of nitrogens with zero attached hydrogens (tertiary/aromatic N) is 1. The molecule has 0 spiro atoms. The van der Waals surface area contributed by atoms with Crippen LogP contribution in [0.15, 0.2) is 24.3 Å². The van der Waals surface area contributed by atoms with Crippen LogP contribution in [0.25, 0.3) is 0 Å². The lowest BCUT2D eigenvalue weighted by Crippen LogP contribution is -2.49. The Kier molecular flexibility index (Phi) is 4.58. The first kappa shape index (κ1) is 13.3. The van der Waals surface area contributed by atoms with Gasteiger partial charge in [0.25, 0.3) is 0 Å². The van der Waals surface area contributed by atoms with Crippen molar-refractivity contribution >= 4 is 17.5 Å². The first-order valence-electron chi connectivity index (χ1n) is 5.97. The van der Waals surface area contributed by atoms with Gasteiger partial charge in [-0.25, -0.2) is 0 Å². The van der Waals surface area contributed by atoms with Gasteiger partial charge in [0.15, 0.2) is 0 Å². The lowest BCUT2D eigenvalue weighted by molar-refractivity contribution is -0.138. The van der Waals surface area contributed by atoms with Crippen molar-refractivity contribution in [3.8, 4) is 0 Å². The predicted molar refractivity (Wildman–Crippen MR) is 70.7 cm³/mol. The molecule has 0 aliphatic carbocycles. The van der Waals surface area contributed by atoms with E-state index in [1.165, 1.54) is 7.11 Å². The van der Waals surface area contributed by atoms with Gasteiger partial charge in [0.1, 0.15) is 6.61 Å². The van der Waals surface area contributed by atoms with E-state index in [1.54, 1.807) is 0 Å². The second-order valence-electron chi connectivity index (χ2n) is 4.26. The molecular formula is C13H17ClN2O2. The second kappa shape index (κ2) is 6.18. The molecule has 1 N–H and O–H groups in total. The third-order valence-electron chi connectivity index (χ3n) is 3.10. The van der Waals surface area contributed by atoms with Crippen LogP contribution in [-0.4, -0.2) is 44.2 Å². The molecule has 0 radical (unpaired) electrons. The average molecular weight is 269 g/mol. The third kappa shape index (κ3) is 2.83. The van der Waals surface area contributed by atoms with E-state index in [0.717, 1.165) is 18.7 Å². The van der Waals surface area contributed by atoms with Gasteiger partial charge >= 0.3 is 0 Å². The van der Waals surface area contributed by atoms with E-state index in [-0.39, 0.29) is 18.6 Å². The summed E-state index contributed by atoms with van der Waals surface area (Å²) in [5.41, 5.74) is 0.982. The Hall–Kier alpha value is -1.10. The zero-order valence-corrected chi connectivity index (χ0v) is 11.1. The van der Waals surface area contributed by atoms with Gasteiger partial charge in [-0.3, -0.25) is 4.79 Å². The van der Waals surface area contributed by atoms with E-state index in [9.17, 15) is 4.79 Å². The molecule has 1 atom stereocenters. The molecular weight excluding hydrogens is 252 g/mol. The van der Waals surface area contributed by atoms with Crippen molar-refractivity contribution in [2.45, 2.75) is 6.04 Å². The van der Waals surface area contributed by atoms with Crippen LogP contribution < -0.4 is 5.32 Å². The number of rotatable bonds is 3. The van der Waals surface area contributed by atoms with Crippen LogP contribution in [0.2, 0.25) is 5.02 Å². The highest BCUT2D eigenvalue weighted by molar-refractivity contribution is 6.31. The van der Waals surface area contributed by atoms with Crippen LogP contribution in [0.1, 0.15) is 11.6 Å². The molecule has 0 saturated carbocycles. The van der Waals surface area contributed by atoms with Crippen LogP contribution in [0.3, 0.4) is 0 Å². The summed E-state index contributed by atoms with van der Waals surface area (Å²) < 4.78 is 4.93. The third-order valence-corrected chi connectivity index (χ3v) is 3.44. The standard InChI is InChI=1S/C13H17ClN2O2/c1-18-9-13(17)16-7-6-15-8-12(16)10-4-2-3-5-11(10)14/h2-5,12,15H,6-9H2,1H3. The number of carbonyl (C=O) groups is 1. The molecule has 1 unspecified atom stereocenters. The lowest BCUT2D eigenvalue weighted by atomic mass is 10.0. The summed E-state index contributed by atoms with van der Waals surface area (Å²) in [7, 11) is 1.53. The smallest absolute Gasteiger partial charge is 0.249 e. The highest BCUT2D eigenvalue weighted by Gasteiger charge is 2.28. The number of amides is 1. The molecule has 1 aliphatic rings. The van der Waals surface area contributed by atoms with Crippen LogP contribution in [0, 0.1) is 0 Å². The van der Waals surface area contributed by atoms with Gasteiger partial charge in [-0.15, -0.1) is 0 Å². The van der Waals surface area contributed by atoms with E-state index in [0.29, 0.717) is 11.6 Å². The molecule has 1 heterocycles. The average Bonchev–Trinajstić information content (AvgIpc) is 2.40. The molecule has 1 aliphatic heterocycles. The Morgan fingerprint density at radius 3 is 3.06 bits per heavy atom. The number of methoxy groups -OCH3 is 1. The maximum atomic E-state index is 12.0. The minimum Gasteiger partial charge on any atom is -0.375 e. The molecule has 18 heavy (non-hydrogen) atoms. The van der Waals surface area contributed by atoms with E-state index < -0.39 is 0 Å². The first-order chi connectivity index (χ1) is 8.74. The van der Waals surface area contributed by atoms with E-state index in [4.69, 9.17) is 16.3 Å². The zero-order valence-electron chi connectivity index (χ0n) is 10.4. The van der Waals surface area contributed by atoms with Gasteiger partial charge in [0.05, 0.1) is 6.04 Å². The Balaban J connectivity index is 2.23. The number of hydrogen-bond acceptors (Lipinski definition) is 3. The number of piperazine rings is 1. The first-order valence-corrected chi connectivity index (χ1v) is 6.35. The van der Waals surface area contributed by atoms with Crippen LogP contribution in [-0.2, 0) is 9.53 Å². The number of halogens is 1. The maximum Gasteiger partial charge on any atom is 0.249 e. The van der Waals surface area contributed by atoms with Gasteiger partial charge in [0, 0.05) is 31.8 Å². The van der Waals surface area contributed by atoms with Gasteiger partial charge in [0.2, 0.25) is 5.91 Å². The van der Waals surface area contributed by atoms with Gasteiger partial charge in [-0.05, 0) is 11.6 Å². The number of benzene rings is 1. The molecule has 0 bridgehead atoms. The largest absolute Gasteiger partial charge is 0.375 e. The summed E-state index contributed by atoms with van der Waals surface area (Å²) >= 11 is 6.21. The van der Waals surface area contributed by atoms with Crippen molar-refractivity contribution in [2.24, 2.45) is 0 Å². The van der Waals surface area contributed by atoms with Crippen molar-refractivity contribution in [1.82, 2.24) is 10.2 Å². The summed E-state index contributed by atoms with van der Waals surface area (Å²) in [4.78, 5) is 13.9. The Morgan fingerprint density at radius 2 is 2.33 bits per heavy atom. The molecule has 1 fully saturated rings. The highest BCUT2D eigenvalue weighted by Crippen LogP contribution is 2.28. The topological polar surface area (TPSA) is 41.6 Å². The molecule has 1 amide bonds. The normalized spacial score (nSPS) is 19.9. The van der Waals surface area contributed by atoms with Crippen molar-refractivity contribution in [1.29, 1.82) is 0 Å². The Bertz CT molecular complexity index is 425. The maximum absolute atomic E-state index is 12.0. The number of nitrogens with one attached hydrogen (secondary N) is 1. The molecule has 98 valence electrons. The predicted octanol–water partition coefficient (Wildman–Crippen LogP) is 1.46. The molecule has 2 rings (SSSR count). The Labute approximate surface area is 112 Å². The molecule has 0 aromatic heterocycles. The number of carbonyl (C=O) groups excluding carboxylic acids is 1. The van der Waals surface area contributed by atoms with E-state index >= 15 is 0 Å². The van der Waals surface area contributed by atoms with Gasteiger partial charge in [-0.2, -0.15) is 0 Å². The highest BCUT2D eigenvalue weighted by atomic mass is 35.5. The monoisotopic (exact) mass is 268 g/mol. The SMILES string of the molecule is COCC(=O)N1CCNCC1c1ccccc1Cl. The molecule has 1 aromatic rings. The fourth-order valence-electron chi connectivity index (χ4n) is 2.23. The Morgan fingerprint density at radius 1 is 1.56 bits per heavy atom. The van der Waals surface area contributed by atoms with Crippen LogP contribution >= 0.6 is 11.6 Å². The number of ether oxygens (including phenoxy) is 1. The van der Waals surface area contributed by atoms with Crippen molar-refractivity contribution in [2.75, 3.05) is 33.4 Å². The zero-order chi connectivity index (χ0) is 13.0. The molecule has 4 nitrogen and oxygen atoms in total. The minimum absolute atomic E-state index is 0.00363. The van der Waals surface area contributed by atoms with Gasteiger partial charge in [-0.1, -0.05) is 29.8 Å². The minimum atomic E-state index is -0.0184.